The van der Waals surface area contributed by atoms with E-state index < -0.39 is 0 Å². The van der Waals surface area contributed by atoms with E-state index >= 15 is 0 Å². The zero-order chi connectivity index (χ0) is 9.68. The maximum atomic E-state index is 4.32. The standard InChI is InChI=1S/C9H19N3S/c1-7(2)13-5-4-10-9-11-6-8(3)12-9/h7-8H,4-6H2,1-3H3,(H2,10,11,12). The predicted molar refractivity (Wildman–Crippen MR) is 60.5 cm³/mol. The molecule has 0 aromatic rings. The highest BCUT2D eigenvalue weighted by Gasteiger charge is 2.10. The number of hydrogen-bond acceptors (Lipinski definition) is 4. The molecule has 76 valence electrons. The van der Waals surface area contributed by atoms with E-state index in [9.17, 15) is 0 Å². The fraction of sp³-hybridized carbons (Fsp3) is 0.889. The summed E-state index contributed by atoms with van der Waals surface area (Å²) in [7, 11) is 0. The second-order valence-electron chi connectivity index (χ2n) is 3.58. The quantitative estimate of drug-likeness (QED) is 0.668. The van der Waals surface area contributed by atoms with Gasteiger partial charge in [-0.05, 0) is 12.2 Å². The summed E-state index contributed by atoms with van der Waals surface area (Å²) in [6.45, 7) is 8.48. The number of thioether (sulfide) groups is 1. The van der Waals surface area contributed by atoms with Crippen LogP contribution in [0.15, 0.2) is 4.99 Å². The normalized spacial score (nSPS) is 21.5. The number of nitrogens with one attached hydrogen (secondary N) is 2. The van der Waals surface area contributed by atoms with E-state index in [1.165, 1.54) is 0 Å². The maximum Gasteiger partial charge on any atom is 0.191 e. The van der Waals surface area contributed by atoms with Crippen molar-refractivity contribution in [2.45, 2.75) is 32.1 Å². The summed E-state index contributed by atoms with van der Waals surface area (Å²) in [6, 6.07) is 0.500. The van der Waals surface area contributed by atoms with Crippen molar-refractivity contribution in [3.8, 4) is 0 Å². The zero-order valence-electron chi connectivity index (χ0n) is 8.63. The molecule has 1 aliphatic heterocycles. The van der Waals surface area contributed by atoms with Gasteiger partial charge in [-0.15, -0.1) is 0 Å². The highest BCUT2D eigenvalue weighted by Crippen LogP contribution is 2.06. The monoisotopic (exact) mass is 201 g/mol. The van der Waals surface area contributed by atoms with Crippen LogP contribution in [0.3, 0.4) is 0 Å². The third-order valence-electron chi connectivity index (χ3n) is 1.75. The van der Waals surface area contributed by atoms with Crippen LogP contribution in [0, 0.1) is 0 Å². The van der Waals surface area contributed by atoms with Crippen molar-refractivity contribution in [1.29, 1.82) is 0 Å². The Morgan fingerprint density at radius 2 is 2.46 bits per heavy atom. The molecule has 1 rings (SSSR count). The molecular formula is C9H19N3S. The molecule has 0 aromatic carbocycles. The SMILES string of the molecule is CC1CN=C(NCCSC(C)C)N1. The van der Waals surface area contributed by atoms with Crippen molar-refractivity contribution in [3.05, 3.63) is 0 Å². The lowest BCUT2D eigenvalue weighted by atomic mass is 10.4. The summed E-state index contributed by atoms with van der Waals surface area (Å²) in [5.41, 5.74) is 0. The van der Waals surface area contributed by atoms with Gasteiger partial charge in [-0.3, -0.25) is 4.99 Å². The Hall–Kier alpha value is -0.380. The maximum absolute atomic E-state index is 4.32. The second kappa shape index (κ2) is 5.37. The van der Waals surface area contributed by atoms with Crippen molar-refractivity contribution in [3.63, 3.8) is 0 Å². The lowest BCUT2D eigenvalue weighted by Gasteiger charge is -2.09. The minimum absolute atomic E-state index is 0.500. The van der Waals surface area contributed by atoms with Crippen LogP contribution in [0.5, 0.6) is 0 Å². The first-order valence-corrected chi connectivity index (χ1v) is 5.90. The molecule has 0 aliphatic carbocycles. The summed E-state index contributed by atoms with van der Waals surface area (Å²) in [4.78, 5) is 4.32. The molecule has 4 heteroatoms. The Morgan fingerprint density at radius 3 is 3.00 bits per heavy atom. The minimum Gasteiger partial charge on any atom is -0.356 e. The van der Waals surface area contributed by atoms with Crippen molar-refractivity contribution in [2.24, 2.45) is 4.99 Å². The van der Waals surface area contributed by atoms with E-state index in [2.05, 4.69) is 36.4 Å². The van der Waals surface area contributed by atoms with Crippen molar-refractivity contribution < 1.29 is 0 Å². The molecule has 0 amide bonds. The molecule has 0 spiro atoms. The van der Waals surface area contributed by atoms with Gasteiger partial charge in [0.15, 0.2) is 5.96 Å². The fourth-order valence-electron chi connectivity index (χ4n) is 1.12. The fourth-order valence-corrected chi connectivity index (χ4v) is 1.82. The van der Waals surface area contributed by atoms with E-state index in [1.54, 1.807) is 0 Å². The molecule has 0 bridgehead atoms. The molecule has 3 nitrogen and oxygen atoms in total. The molecule has 2 N–H and O–H groups in total. The van der Waals surface area contributed by atoms with Gasteiger partial charge in [0.05, 0.1) is 6.54 Å². The average molecular weight is 201 g/mol. The third-order valence-corrected chi connectivity index (χ3v) is 2.86. The Bertz CT molecular complexity index is 180. The minimum atomic E-state index is 0.500. The van der Waals surface area contributed by atoms with Crippen LogP contribution in [0.4, 0.5) is 0 Å². The van der Waals surface area contributed by atoms with Gasteiger partial charge in [-0.25, -0.2) is 0 Å². The second-order valence-corrected chi connectivity index (χ2v) is 5.27. The Morgan fingerprint density at radius 1 is 1.69 bits per heavy atom. The summed E-state index contributed by atoms with van der Waals surface area (Å²) in [5.74, 6) is 2.11. The van der Waals surface area contributed by atoms with Gasteiger partial charge in [-0.2, -0.15) is 11.8 Å². The lowest BCUT2D eigenvalue weighted by Crippen LogP contribution is -2.38. The molecule has 13 heavy (non-hydrogen) atoms. The summed E-state index contributed by atoms with van der Waals surface area (Å²) < 4.78 is 0. The van der Waals surface area contributed by atoms with Crippen molar-refractivity contribution in [1.82, 2.24) is 10.6 Å². The molecule has 0 radical (unpaired) electrons. The smallest absolute Gasteiger partial charge is 0.191 e. The van der Waals surface area contributed by atoms with Gasteiger partial charge in [0.2, 0.25) is 0 Å². The van der Waals surface area contributed by atoms with E-state index in [4.69, 9.17) is 0 Å². The molecule has 0 fully saturated rings. The van der Waals surface area contributed by atoms with Gasteiger partial charge in [-0.1, -0.05) is 13.8 Å². The van der Waals surface area contributed by atoms with Gasteiger partial charge in [0, 0.05) is 18.3 Å². The van der Waals surface area contributed by atoms with Crippen LogP contribution < -0.4 is 10.6 Å². The third kappa shape index (κ3) is 4.41. The number of nitrogens with zero attached hydrogens (tertiary/aromatic N) is 1. The Kier molecular flexibility index (Phi) is 4.42. The Balaban J connectivity index is 2.00. The van der Waals surface area contributed by atoms with E-state index in [1.807, 2.05) is 11.8 Å². The molecule has 0 aromatic heterocycles. The van der Waals surface area contributed by atoms with Crippen molar-refractivity contribution in [2.75, 3.05) is 18.8 Å². The van der Waals surface area contributed by atoms with E-state index in [-0.39, 0.29) is 0 Å². The molecule has 1 atom stereocenters. The first-order chi connectivity index (χ1) is 6.18. The molecule has 0 saturated heterocycles. The molecule has 1 unspecified atom stereocenters. The van der Waals surface area contributed by atoms with Gasteiger partial charge >= 0.3 is 0 Å². The van der Waals surface area contributed by atoms with E-state index in [0.29, 0.717) is 6.04 Å². The van der Waals surface area contributed by atoms with Crippen LogP contribution >= 0.6 is 11.8 Å². The van der Waals surface area contributed by atoms with E-state index in [0.717, 1.165) is 30.1 Å². The average Bonchev–Trinajstić information content (AvgIpc) is 2.45. The number of guanidine groups is 1. The van der Waals surface area contributed by atoms with Crippen molar-refractivity contribution >= 4 is 17.7 Å². The van der Waals surface area contributed by atoms with Gasteiger partial charge < -0.3 is 10.6 Å². The largest absolute Gasteiger partial charge is 0.356 e. The highest BCUT2D eigenvalue weighted by atomic mass is 32.2. The predicted octanol–water partition coefficient (Wildman–Crippen LogP) is 1.07. The topological polar surface area (TPSA) is 36.4 Å². The first-order valence-electron chi connectivity index (χ1n) is 4.85. The molecule has 1 heterocycles. The lowest BCUT2D eigenvalue weighted by molar-refractivity contribution is 0.716. The summed E-state index contributed by atoms with van der Waals surface area (Å²) >= 11 is 1.97. The molecular weight excluding hydrogens is 182 g/mol. The summed E-state index contributed by atoms with van der Waals surface area (Å²) in [6.07, 6.45) is 0. The number of hydrogen-bond donors (Lipinski definition) is 2. The highest BCUT2D eigenvalue weighted by molar-refractivity contribution is 7.99. The van der Waals surface area contributed by atoms with Crippen LogP contribution in [0.1, 0.15) is 20.8 Å². The Labute approximate surface area is 84.8 Å². The molecule has 1 aliphatic rings. The number of rotatable bonds is 4. The van der Waals surface area contributed by atoms with Gasteiger partial charge in [0.1, 0.15) is 0 Å². The van der Waals surface area contributed by atoms with Crippen LogP contribution in [-0.2, 0) is 0 Å². The van der Waals surface area contributed by atoms with Crippen LogP contribution in [0.25, 0.3) is 0 Å². The zero-order valence-corrected chi connectivity index (χ0v) is 9.45. The number of aliphatic imine (C=N–C) groups is 1. The van der Waals surface area contributed by atoms with Crippen LogP contribution in [0.2, 0.25) is 0 Å². The first kappa shape index (κ1) is 10.7. The van der Waals surface area contributed by atoms with Crippen LogP contribution in [-0.4, -0.2) is 36.1 Å². The van der Waals surface area contributed by atoms with Gasteiger partial charge in [0.25, 0.3) is 0 Å². The molecule has 0 saturated carbocycles. The summed E-state index contributed by atoms with van der Waals surface area (Å²) in [5, 5.41) is 7.28.